The lowest BCUT2D eigenvalue weighted by molar-refractivity contribution is 0.0240. The van der Waals surface area contributed by atoms with E-state index in [1.807, 2.05) is 32.9 Å². The van der Waals surface area contributed by atoms with Crippen molar-refractivity contribution in [3.05, 3.63) is 28.8 Å². The van der Waals surface area contributed by atoms with E-state index >= 15 is 0 Å². The summed E-state index contributed by atoms with van der Waals surface area (Å²) in [6, 6.07) is 7.47. The molecule has 0 atom stereocenters. The molecule has 0 saturated carbocycles. The van der Waals surface area contributed by atoms with Gasteiger partial charge in [0.1, 0.15) is 23.1 Å². The van der Waals surface area contributed by atoms with E-state index in [0.29, 0.717) is 42.5 Å². The van der Waals surface area contributed by atoms with Crippen molar-refractivity contribution in [1.82, 2.24) is 14.9 Å². The van der Waals surface area contributed by atoms with Crippen molar-refractivity contribution in [1.29, 1.82) is 5.26 Å². The number of anilines is 3. The molecule has 1 fully saturated rings. The number of nitrogen functional groups attached to an aromatic ring is 2. The molecule has 9 nitrogen and oxygen atoms in total. The van der Waals surface area contributed by atoms with Gasteiger partial charge in [-0.15, -0.1) is 0 Å². The van der Waals surface area contributed by atoms with E-state index in [-0.39, 0.29) is 23.4 Å². The summed E-state index contributed by atoms with van der Waals surface area (Å²) in [4.78, 5) is 24.0. The fourth-order valence-electron chi connectivity index (χ4n) is 3.17. The van der Waals surface area contributed by atoms with E-state index in [2.05, 4.69) is 14.9 Å². The highest BCUT2D eigenvalue weighted by Crippen LogP contribution is 2.34. The molecule has 3 rings (SSSR count). The van der Waals surface area contributed by atoms with Crippen LogP contribution in [0.2, 0.25) is 5.02 Å². The molecule has 0 aliphatic carbocycles. The number of hydrogen-bond acceptors (Lipinski definition) is 8. The molecule has 0 bridgehead atoms. The fraction of sp³-hybridized carbons (Fsp3) is 0.400. The van der Waals surface area contributed by atoms with E-state index in [1.165, 1.54) is 0 Å². The van der Waals surface area contributed by atoms with Crippen LogP contribution in [0.3, 0.4) is 0 Å². The van der Waals surface area contributed by atoms with E-state index in [9.17, 15) is 10.1 Å². The second-order valence-corrected chi connectivity index (χ2v) is 8.33. The molecule has 30 heavy (non-hydrogen) atoms. The number of carbonyl (C=O) groups excluding carboxylic acids is 1. The van der Waals surface area contributed by atoms with Crippen LogP contribution in [-0.4, -0.2) is 52.7 Å². The molecule has 158 valence electrons. The number of benzene rings is 1. The first kappa shape index (κ1) is 21.5. The van der Waals surface area contributed by atoms with Crippen LogP contribution < -0.4 is 16.4 Å². The summed E-state index contributed by atoms with van der Waals surface area (Å²) in [5.41, 5.74) is 12.8. The van der Waals surface area contributed by atoms with Gasteiger partial charge in [0.2, 0.25) is 5.95 Å². The predicted octanol–water partition coefficient (Wildman–Crippen LogP) is 2.89. The van der Waals surface area contributed by atoms with E-state index in [0.717, 1.165) is 5.69 Å². The Balaban J connectivity index is 1.77. The molecular formula is C20H24ClN7O2. The van der Waals surface area contributed by atoms with Crippen molar-refractivity contribution >= 4 is 35.1 Å². The molecule has 1 aromatic carbocycles. The second-order valence-electron chi connectivity index (χ2n) is 7.92. The Labute approximate surface area is 180 Å². The summed E-state index contributed by atoms with van der Waals surface area (Å²) < 4.78 is 5.43. The second kappa shape index (κ2) is 8.24. The quantitative estimate of drug-likeness (QED) is 0.743. The van der Waals surface area contributed by atoms with E-state index in [4.69, 9.17) is 27.8 Å². The van der Waals surface area contributed by atoms with Gasteiger partial charge in [0.05, 0.1) is 10.7 Å². The van der Waals surface area contributed by atoms with Crippen LogP contribution in [0.15, 0.2) is 18.2 Å². The Hall–Kier alpha value is -3.25. The van der Waals surface area contributed by atoms with Gasteiger partial charge >= 0.3 is 6.09 Å². The molecule has 0 spiro atoms. The number of hydrogen-bond donors (Lipinski definition) is 2. The highest BCUT2D eigenvalue weighted by Gasteiger charge is 2.26. The van der Waals surface area contributed by atoms with Gasteiger partial charge in [-0.05, 0) is 39.0 Å². The molecular weight excluding hydrogens is 406 g/mol. The summed E-state index contributed by atoms with van der Waals surface area (Å²) in [6.07, 6.45) is -0.307. The number of nitriles is 1. The lowest BCUT2D eigenvalue weighted by Crippen LogP contribution is -2.50. The molecule has 0 unspecified atom stereocenters. The van der Waals surface area contributed by atoms with Gasteiger partial charge in [-0.3, -0.25) is 0 Å². The molecule has 1 amide bonds. The molecule has 0 radical (unpaired) electrons. The number of rotatable bonds is 2. The van der Waals surface area contributed by atoms with Gasteiger partial charge in [-0.1, -0.05) is 11.6 Å². The maximum atomic E-state index is 12.2. The lowest BCUT2D eigenvalue weighted by atomic mass is 10.1. The zero-order chi connectivity index (χ0) is 22.1. The number of nitrogens with zero attached hydrogens (tertiary/aromatic N) is 5. The van der Waals surface area contributed by atoms with Crippen molar-refractivity contribution in [2.45, 2.75) is 26.4 Å². The number of aromatic nitrogens is 2. The number of amides is 1. The van der Waals surface area contributed by atoms with Crippen molar-refractivity contribution in [3.63, 3.8) is 0 Å². The van der Waals surface area contributed by atoms with Crippen LogP contribution >= 0.6 is 11.6 Å². The fourth-order valence-corrected chi connectivity index (χ4v) is 3.43. The van der Waals surface area contributed by atoms with Crippen molar-refractivity contribution in [2.24, 2.45) is 0 Å². The standard InChI is InChI=1S/C20H24ClN7O2/c1-20(2,3)30-19(29)28-8-6-27(7-9-28)12-4-5-13(15(21)10-12)16-14(11-22)17(23)26-18(24)25-16/h4-5,10H,6-9H2,1-3H3,(H4,23,24,25,26). The Morgan fingerprint density at radius 1 is 1.20 bits per heavy atom. The smallest absolute Gasteiger partial charge is 0.410 e. The largest absolute Gasteiger partial charge is 0.444 e. The van der Waals surface area contributed by atoms with Gasteiger partial charge in [-0.25, -0.2) is 9.78 Å². The molecule has 1 aliphatic rings. The third-order valence-corrected chi connectivity index (χ3v) is 4.88. The summed E-state index contributed by atoms with van der Waals surface area (Å²) >= 11 is 6.51. The molecule has 4 N–H and O–H groups in total. The minimum Gasteiger partial charge on any atom is -0.444 e. The van der Waals surface area contributed by atoms with Crippen LogP contribution in [-0.2, 0) is 4.74 Å². The average molecular weight is 430 g/mol. The highest BCUT2D eigenvalue weighted by molar-refractivity contribution is 6.33. The third kappa shape index (κ3) is 4.66. The van der Waals surface area contributed by atoms with Crippen molar-refractivity contribution in [3.8, 4) is 17.3 Å². The Morgan fingerprint density at radius 3 is 2.43 bits per heavy atom. The van der Waals surface area contributed by atoms with Gasteiger partial charge in [0, 0.05) is 37.4 Å². The third-order valence-electron chi connectivity index (χ3n) is 4.57. The van der Waals surface area contributed by atoms with Gasteiger partial charge in [0.15, 0.2) is 0 Å². The van der Waals surface area contributed by atoms with Crippen molar-refractivity contribution in [2.75, 3.05) is 42.5 Å². The summed E-state index contributed by atoms with van der Waals surface area (Å²) in [5, 5.41) is 9.81. The number of piperazine rings is 1. The van der Waals surface area contributed by atoms with Crippen LogP contribution in [0.1, 0.15) is 26.3 Å². The number of carbonyl (C=O) groups is 1. The average Bonchev–Trinajstić information content (AvgIpc) is 2.66. The van der Waals surface area contributed by atoms with Gasteiger partial charge < -0.3 is 26.0 Å². The maximum absolute atomic E-state index is 12.2. The van der Waals surface area contributed by atoms with Gasteiger partial charge in [0.25, 0.3) is 0 Å². The molecule has 2 aromatic rings. The highest BCUT2D eigenvalue weighted by atomic mass is 35.5. The van der Waals surface area contributed by atoms with E-state index < -0.39 is 5.60 Å². The molecule has 2 heterocycles. The zero-order valence-electron chi connectivity index (χ0n) is 17.1. The van der Waals surface area contributed by atoms with Gasteiger partial charge in [-0.2, -0.15) is 10.2 Å². The number of ether oxygens (including phenoxy) is 1. The van der Waals surface area contributed by atoms with Crippen LogP contribution in [0.5, 0.6) is 0 Å². The molecule has 10 heteroatoms. The normalized spacial score (nSPS) is 14.4. The van der Waals surface area contributed by atoms with E-state index in [1.54, 1.807) is 17.0 Å². The Morgan fingerprint density at radius 2 is 1.87 bits per heavy atom. The number of nitrogens with two attached hydrogens (primary N) is 2. The van der Waals surface area contributed by atoms with Crippen LogP contribution in [0.25, 0.3) is 11.3 Å². The SMILES string of the molecule is CC(C)(C)OC(=O)N1CCN(c2ccc(-c3nc(N)nc(N)c3C#N)c(Cl)c2)CC1. The Bertz CT molecular complexity index is 1010. The van der Waals surface area contributed by atoms with Crippen molar-refractivity contribution < 1.29 is 9.53 Å². The Kier molecular flexibility index (Phi) is 5.89. The molecule has 1 aliphatic heterocycles. The summed E-state index contributed by atoms with van der Waals surface area (Å²) in [5.74, 6) is -0.0154. The number of halogens is 1. The first-order valence-electron chi connectivity index (χ1n) is 9.45. The minimum atomic E-state index is -0.520. The predicted molar refractivity (Wildman–Crippen MR) is 116 cm³/mol. The molecule has 1 aromatic heterocycles. The molecule has 1 saturated heterocycles. The first-order chi connectivity index (χ1) is 14.1. The minimum absolute atomic E-state index is 0.0124. The monoisotopic (exact) mass is 429 g/mol. The summed E-state index contributed by atoms with van der Waals surface area (Å²) in [7, 11) is 0. The van der Waals surface area contributed by atoms with Crippen LogP contribution in [0.4, 0.5) is 22.2 Å². The maximum Gasteiger partial charge on any atom is 0.410 e. The zero-order valence-corrected chi connectivity index (χ0v) is 17.9. The first-order valence-corrected chi connectivity index (χ1v) is 9.82. The van der Waals surface area contributed by atoms with Crippen LogP contribution in [0, 0.1) is 11.3 Å². The lowest BCUT2D eigenvalue weighted by Gasteiger charge is -2.36. The topological polar surface area (TPSA) is 134 Å². The summed E-state index contributed by atoms with van der Waals surface area (Å²) in [6.45, 7) is 7.93.